The summed E-state index contributed by atoms with van der Waals surface area (Å²) < 4.78 is 87.2. The topological polar surface area (TPSA) is 96.7 Å². The van der Waals surface area contributed by atoms with Crippen LogP contribution in [0.3, 0.4) is 0 Å². The molecule has 48 heavy (non-hydrogen) atoms. The molecule has 0 spiro atoms. The maximum atomic E-state index is 14.1. The summed E-state index contributed by atoms with van der Waals surface area (Å²) in [6.07, 6.45) is -7.16. The summed E-state index contributed by atoms with van der Waals surface area (Å²) in [5, 5.41) is 4.33. The molecule has 2 aliphatic rings. The van der Waals surface area contributed by atoms with Gasteiger partial charge in [0, 0.05) is 77.5 Å². The number of hydrogen-bond donors (Lipinski definition) is 0. The summed E-state index contributed by atoms with van der Waals surface area (Å²) in [6.45, 7) is 7.52. The van der Waals surface area contributed by atoms with Crippen LogP contribution in [0.1, 0.15) is 29.5 Å². The van der Waals surface area contributed by atoms with Crippen molar-refractivity contribution in [1.82, 2.24) is 24.6 Å². The minimum Gasteiger partial charge on any atom is -0.359 e. The molecule has 1 aromatic carbocycles. The normalized spacial score (nSPS) is 17.2. The number of benzene rings is 1. The lowest BCUT2D eigenvalue weighted by molar-refractivity contribution is -0.139. The molecule has 2 aromatic heterocycles. The molecule has 0 N–H and O–H groups in total. The molecule has 4 heterocycles. The van der Waals surface area contributed by atoms with Crippen molar-refractivity contribution in [3.05, 3.63) is 69.8 Å². The van der Waals surface area contributed by atoms with E-state index in [2.05, 4.69) is 34.7 Å². The van der Waals surface area contributed by atoms with Gasteiger partial charge >= 0.3 is 12.4 Å². The van der Waals surface area contributed by atoms with Crippen LogP contribution < -0.4 is 15.4 Å². The number of amides is 1. The third-order valence-corrected chi connectivity index (χ3v) is 10.1. The number of carbonyl (C=O) groups excluding carboxylic acids is 1. The number of anilines is 3. The van der Waals surface area contributed by atoms with Crippen molar-refractivity contribution in [3.8, 4) is 0 Å². The van der Waals surface area contributed by atoms with Gasteiger partial charge in [0.2, 0.25) is 11.9 Å². The second-order valence-corrected chi connectivity index (χ2v) is 18.7. The Kier molecular flexibility index (Phi) is 10.2. The maximum absolute atomic E-state index is 14.1. The third-order valence-electron chi connectivity index (χ3n) is 8.37. The molecular formula is C31H37F6N7O3Si. The largest absolute Gasteiger partial charge is 0.421 e. The van der Waals surface area contributed by atoms with Crippen LogP contribution in [0.5, 0.6) is 0 Å². The van der Waals surface area contributed by atoms with Gasteiger partial charge in [-0.2, -0.15) is 26.3 Å². The van der Waals surface area contributed by atoms with Gasteiger partial charge in [-0.05, 0) is 30.5 Å². The molecule has 1 saturated heterocycles. The molecular weight excluding hydrogens is 660 g/mol. The number of piperazine rings is 1. The fourth-order valence-electron chi connectivity index (χ4n) is 5.70. The van der Waals surface area contributed by atoms with E-state index < -0.39 is 49.9 Å². The molecule has 1 fully saturated rings. The van der Waals surface area contributed by atoms with E-state index in [1.807, 2.05) is 12.1 Å². The van der Waals surface area contributed by atoms with Crippen LogP contribution in [-0.2, 0) is 35.0 Å². The number of nitrogens with zero attached hydrogens (tertiary/aromatic N) is 7. The Balaban J connectivity index is 1.29. The van der Waals surface area contributed by atoms with Crippen LogP contribution in [0.2, 0.25) is 25.7 Å². The molecule has 0 radical (unpaired) electrons. The summed E-state index contributed by atoms with van der Waals surface area (Å²) in [4.78, 5) is 38.8. The lowest BCUT2D eigenvalue weighted by Crippen LogP contribution is -2.49. The molecule has 0 unspecified atom stereocenters. The second-order valence-electron chi connectivity index (χ2n) is 13.1. The minimum absolute atomic E-state index is 0.0664. The Hall–Kier alpha value is -3.99. The van der Waals surface area contributed by atoms with Gasteiger partial charge in [-0.25, -0.2) is 14.6 Å². The number of carbonyl (C=O) groups is 1. The van der Waals surface area contributed by atoms with Gasteiger partial charge in [0.15, 0.2) is 5.82 Å². The summed E-state index contributed by atoms with van der Waals surface area (Å²) in [5.74, 6) is -0.0881. The molecule has 0 aliphatic carbocycles. The predicted molar refractivity (Wildman–Crippen MR) is 169 cm³/mol. The number of fused-ring (bicyclic) bond motifs is 1. The number of hydrogen-bond acceptors (Lipinski definition) is 8. The van der Waals surface area contributed by atoms with Crippen molar-refractivity contribution in [2.75, 3.05) is 42.6 Å². The Labute approximate surface area is 274 Å². The Morgan fingerprint density at radius 2 is 1.65 bits per heavy atom. The number of aromatic nitrogens is 4. The molecule has 0 bridgehead atoms. The van der Waals surface area contributed by atoms with E-state index in [4.69, 9.17) is 4.74 Å². The van der Waals surface area contributed by atoms with Crippen LogP contribution in [0.15, 0.2) is 47.5 Å². The van der Waals surface area contributed by atoms with Crippen LogP contribution >= 0.6 is 0 Å². The zero-order chi connectivity index (χ0) is 34.9. The highest BCUT2D eigenvalue weighted by molar-refractivity contribution is 6.76. The van der Waals surface area contributed by atoms with Crippen LogP contribution in [-0.4, -0.2) is 77.5 Å². The predicted octanol–water partition coefficient (Wildman–Crippen LogP) is 5.58. The van der Waals surface area contributed by atoms with E-state index in [1.165, 1.54) is 0 Å². The smallest absolute Gasteiger partial charge is 0.359 e. The van der Waals surface area contributed by atoms with Crippen molar-refractivity contribution in [1.29, 1.82) is 0 Å². The molecule has 0 saturated carbocycles. The van der Waals surface area contributed by atoms with Gasteiger partial charge in [-0.1, -0.05) is 37.8 Å². The lowest BCUT2D eigenvalue weighted by Gasteiger charge is -2.35. The second kappa shape index (κ2) is 13.9. The van der Waals surface area contributed by atoms with Gasteiger partial charge in [-0.3, -0.25) is 9.59 Å². The summed E-state index contributed by atoms with van der Waals surface area (Å²) >= 11 is 0. The molecule has 1 atom stereocenters. The quantitative estimate of drug-likeness (QED) is 0.154. The average Bonchev–Trinajstić information content (AvgIpc) is 3.40. The molecule has 17 heteroatoms. The zero-order valence-corrected chi connectivity index (χ0v) is 27.8. The van der Waals surface area contributed by atoms with E-state index >= 15 is 0 Å². The van der Waals surface area contributed by atoms with Crippen molar-refractivity contribution in [2.45, 2.75) is 70.1 Å². The Bertz CT molecular complexity index is 1650. The average molecular weight is 698 g/mol. The van der Waals surface area contributed by atoms with Crippen molar-refractivity contribution >= 4 is 31.4 Å². The minimum atomic E-state index is -4.92. The zero-order valence-electron chi connectivity index (χ0n) is 26.8. The van der Waals surface area contributed by atoms with Crippen LogP contribution in [0, 0.1) is 0 Å². The van der Waals surface area contributed by atoms with E-state index in [-0.39, 0.29) is 24.1 Å². The Morgan fingerprint density at radius 1 is 0.979 bits per heavy atom. The third kappa shape index (κ3) is 8.34. The molecule has 260 valence electrons. The number of halogens is 6. The first-order chi connectivity index (χ1) is 22.5. The Morgan fingerprint density at radius 3 is 2.27 bits per heavy atom. The summed E-state index contributed by atoms with van der Waals surface area (Å²) in [5.41, 5.74) is -2.07. The number of ether oxygens (including phenoxy) is 1. The first-order valence-corrected chi connectivity index (χ1v) is 19.3. The van der Waals surface area contributed by atoms with Crippen molar-refractivity contribution in [3.63, 3.8) is 0 Å². The first-order valence-electron chi connectivity index (χ1n) is 15.6. The van der Waals surface area contributed by atoms with E-state index in [9.17, 15) is 35.9 Å². The van der Waals surface area contributed by atoms with Gasteiger partial charge < -0.3 is 19.4 Å². The number of para-hydroxylation sites is 1. The van der Waals surface area contributed by atoms with Gasteiger partial charge in [0.1, 0.15) is 12.3 Å². The fraction of sp³-hybridized carbons (Fsp3) is 0.516. The molecule has 5 rings (SSSR count). The van der Waals surface area contributed by atoms with Crippen molar-refractivity contribution in [2.24, 2.45) is 0 Å². The van der Waals surface area contributed by atoms with E-state index in [1.54, 1.807) is 26.8 Å². The van der Waals surface area contributed by atoms with E-state index in [0.29, 0.717) is 56.0 Å². The highest BCUT2D eigenvalue weighted by Gasteiger charge is 2.39. The summed E-state index contributed by atoms with van der Waals surface area (Å²) in [6, 6.07) is 8.34. The van der Waals surface area contributed by atoms with Crippen LogP contribution in [0.25, 0.3) is 0 Å². The van der Waals surface area contributed by atoms with Crippen LogP contribution in [0.4, 0.5) is 43.8 Å². The first kappa shape index (κ1) is 35.3. The van der Waals surface area contributed by atoms with Gasteiger partial charge in [0.05, 0.1) is 5.56 Å². The lowest BCUT2D eigenvalue weighted by atomic mass is 10.1. The molecule has 2 aliphatic heterocycles. The maximum Gasteiger partial charge on any atom is 0.421 e. The molecule has 3 aromatic rings. The number of alkyl halides is 6. The van der Waals surface area contributed by atoms with Gasteiger partial charge in [0.25, 0.3) is 5.56 Å². The highest BCUT2D eigenvalue weighted by atomic mass is 28.3. The number of rotatable bonds is 10. The van der Waals surface area contributed by atoms with E-state index in [0.717, 1.165) is 30.1 Å². The summed E-state index contributed by atoms with van der Waals surface area (Å²) in [7, 11) is -1.48. The fourth-order valence-corrected chi connectivity index (χ4v) is 6.46. The monoisotopic (exact) mass is 697 g/mol. The SMILES string of the molecule is C[Si](C)(C)CCOCn1nc(N2c3ccccc3C[C@@H]2CCC(=O)N2CCN(c3ncc(C(F)(F)F)cn3)CC2)cc(C(F)(F)F)c1=O. The molecule has 1 amide bonds. The highest BCUT2D eigenvalue weighted by Crippen LogP contribution is 2.40. The molecule has 10 nitrogen and oxygen atoms in total. The van der Waals surface area contributed by atoms with Gasteiger partial charge in [-0.15, -0.1) is 5.10 Å². The standard InChI is InChI=1S/C31H37F6N7O3Si/c1-48(2,3)15-14-47-20-43-28(46)24(31(35,36)37)17-26(40-43)44-23(16-21-6-4-5-7-25(21)44)8-9-27(45)41-10-12-42(13-11-41)29-38-18-22(19-39-29)30(32,33)34/h4-7,17-19,23H,8-16,20H2,1-3H3/t23-/m0/s1. The van der Waals surface area contributed by atoms with Crippen molar-refractivity contribution < 1.29 is 35.9 Å².